The first-order chi connectivity index (χ1) is 7.15. The van der Waals surface area contributed by atoms with E-state index in [-0.39, 0.29) is 12.0 Å². The number of H-pyrrole nitrogens is 1. The molecule has 1 rings (SSSR count). The molecule has 0 bridgehead atoms. The first kappa shape index (κ1) is 11.5. The highest BCUT2D eigenvalue weighted by Gasteiger charge is 2.12. The predicted octanol–water partition coefficient (Wildman–Crippen LogP) is 0.147. The van der Waals surface area contributed by atoms with Gasteiger partial charge >= 0.3 is 0 Å². The SMILES string of the molecule is CCOC(C)CNC(=O)c1[nH]ncc1N. The average Bonchev–Trinajstić information content (AvgIpc) is 2.61. The number of aromatic nitrogens is 2. The smallest absolute Gasteiger partial charge is 0.271 e. The lowest BCUT2D eigenvalue weighted by Gasteiger charge is -2.11. The lowest BCUT2D eigenvalue weighted by molar-refractivity contribution is 0.0693. The zero-order chi connectivity index (χ0) is 11.3. The van der Waals surface area contributed by atoms with Gasteiger partial charge in [-0.15, -0.1) is 0 Å². The Morgan fingerprint density at radius 1 is 1.80 bits per heavy atom. The molecule has 0 aliphatic rings. The van der Waals surface area contributed by atoms with Crippen molar-refractivity contribution in [2.45, 2.75) is 20.0 Å². The number of hydrogen-bond donors (Lipinski definition) is 3. The molecule has 6 nitrogen and oxygen atoms in total. The second-order valence-corrected chi connectivity index (χ2v) is 3.18. The van der Waals surface area contributed by atoms with E-state index in [2.05, 4.69) is 15.5 Å². The number of rotatable bonds is 5. The first-order valence-corrected chi connectivity index (χ1v) is 4.83. The molecule has 4 N–H and O–H groups in total. The summed E-state index contributed by atoms with van der Waals surface area (Å²) in [6.07, 6.45) is 1.39. The van der Waals surface area contributed by atoms with Crippen molar-refractivity contribution in [2.24, 2.45) is 0 Å². The summed E-state index contributed by atoms with van der Waals surface area (Å²) >= 11 is 0. The number of nitrogens with zero attached hydrogens (tertiary/aromatic N) is 1. The fourth-order valence-electron chi connectivity index (χ4n) is 1.15. The van der Waals surface area contributed by atoms with Crippen LogP contribution in [0.2, 0.25) is 0 Å². The average molecular weight is 212 g/mol. The molecular weight excluding hydrogens is 196 g/mol. The Hall–Kier alpha value is -1.56. The van der Waals surface area contributed by atoms with Crippen LogP contribution in [-0.2, 0) is 4.74 Å². The quantitative estimate of drug-likeness (QED) is 0.647. The van der Waals surface area contributed by atoms with Gasteiger partial charge in [-0.25, -0.2) is 0 Å². The number of anilines is 1. The number of amides is 1. The highest BCUT2D eigenvalue weighted by atomic mass is 16.5. The van der Waals surface area contributed by atoms with E-state index < -0.39 is 0 Å². The van der Waals surface area contributed by atoms with Crippen molar-refractivity contribution >= 4 is 11.6 Å². The number of ether oxygens (including phenoxy) is 1. The Balaban J connectivity index is 2.40. The third kappa shape index (κ3) is 3.25. The Bertz CT molecular complexity index is 324. The summed E-state index contributed by atoms with van der Waals surface area (Å²) in [7, 11) is 0. The van der Waals surface area contributed by atoms with Crippen molar-refractivity contribution < 1.29 is 9.53 Å². The Morgan fingerprint density at radius 3 is 3.07 bits per heavy atom. The Labute approximate surface area is 88.2 Å². The summed E-state index contributed by atoms with van der Waals surface area (Å²) in [5.74, 6) is -0.267. The van der Waals surface area contributed by atoms with E-state index in [0.717, 1.165) is 0 Å². The summed E-state index contributed by atoms with van der Waals surface area (Å²) in [6, 6.07) is 0. The second-order valence-electron chi connectivity index (χ2n) is 3.18. The summed E-state index contributed by atoms with van der Waals surface area (Å²) in [5.41, 5.74) is 6.16. The maximum atomic E-state index is 11.5. The monoisotopic (exact) mass is 212 g/mol. The van der Waals surface area contributed by atoms with Crippen LogP contribution in [0.5, 0.6) is 0 Å². The van der Waals surface area contributed by atoms with Gasteiger partial charge in [0.15, 0.2) is 0 Å². The largest absolute Gasteiger partial charge is 0.396 e. The van der Waals surface area contributed by atoms with Crippen LogP contribution in [0, 0.1) is 0 Å². The molecule has 0 spiro atoms. The zero-order valence-corrected chi connectivity index (χ0v) is 8.91. The van der Waals surface area contributed by atoms with Crippen molar-refractivity contribution in [3.63, 3.8) is 0 Å². The molecule has 1 aromatic rings. The van der Waals surface area contributed by atoms with Crippen molar-refractivity contribution in [1.82, 2.24) is 15.5 Å². The van der Waals surface area contributed by atoms with Crippen LogP contribution in [0.15, 0.2) is 6.20 Å². The lowest BCUT2D eigenvalue weighted by Crippen LogP contribution is -2.32. The third-order valence-electron chi connectivity index (χ3n) is 1.90. The molecule has 0 aromatic carbocycles. The van der Waals surface area contributed by atoms with Gasteiger partial charge in [-0.05, 0) is 13.8 Å². The molecule has 1 aromatic heterocycles. The van der Waals surface area contributed by atoms with E-state index >= 15 is 0 Å². The summed E-state index contributed by atoms with van der Waals surface area (Å²) in [6.45, 7) is 4.87. The van der Waals surface area contributed by atoms with E-state index in [9.17, 15) is 4.79 Å². The van der Waals surface area contributed by atoms with Gasteiger partial charge in [0.2, 0.25) is 0 Å². The van der Waals surface area contributed by atoms with Gasteiger partial charge < -0.3 is 15.8 Å². The highest BCUT2D eigenvalue weighted by Crippen LogP contribution is 2.04. The van der Waals surface area contributed by atoms with Gasteiger partial charge in [0.05, 0.1) is 18.0 Å². The minimum Gasteiger partial charge on any atom is -0.396 e. The molecule has 6 heteroatoms. The normalized spacial score (nSPS) is 12.4. The molecule has 0 saturated carbocycles. The van der Waals surface area contributed by atoms with Crippen molar-refractivity contribution in [3.8, 4) is 0 Å². The molecule has 1 atom stereocenters. The summed E-state index contributed by atoms with van der Waals surface area (Å²) in [4.78, 5) is 11.5. The zero-order valence-electron chi connectivity index (χ0n) is 8.91. The van der Waals surface area contributed by atoms with E-state index in [1.165, 1.54) is 6.20 Å². The van der Waals surface area contributed by atoms with Crippen LogP contribution in [0.3, 0.4) is 0 Å². The van der Waals surface area contributed by atoms with Crippen LogP contribution in [0.25, 0.3) is 0 Å². The second kappa shape index (κ2) is 5.35. The van der Waals surface area contributed by atoms with E-state index in [0.29, 0.717) is 24.5 Å². The Kier molecular flexibility index (Phi) is 4.11. The number of carbonyl (C=O) groups excluding carboxylic acids is 1. The standard InChI is InChI=1S/C9H16N4O2/c1-3-15-6(2)4-11-9(14)8-7(10)5-12-13-8/h5-6H,3-4,10H2,1-2H3,(H,11,14)(H,12,13). The molecule has 1 amide bonds. The molecule has 84 valence electrons. The lowest BCUT2D eigenvalue weighted by atomic mass is 10.3. The predicted molar refractivity (Wildman–Crippen MR) is 56.4 cm³/mol. The molecule has 0 radical (unpaired) electrons. The fraction of sp³-hybridized carbons (Fsp3) is 0.556. The van der Waals surface area contributed by atoms with Gasteiger partial charge in [0, 0.05) is 13.2 Å². The van der Waals surface area contributed by atoms with E-state index in [1.54, 1.807) is 0 Å². The molecule has 0 fully saturated rings. The summed E-state index contributed by atoms with van der Waals surface area (Å²) < 4.78 is 5.27. The van der Waals surface area contributed by atoms with Gasteiger partial charge in [-0.3, -0.25) is 9.89 Å². The number of hydrogen-bond acceptors (Lipinski definition) is 4. The summed E-state index contributed by atoms with van der Waals surface area (Å²) in [5, 5.41) is 8.89. The molecule has 15 heavy (non-hydrogen) atoms. The van der Waals surface area contributed by atoms with Crippen LogP contribution >= 0.6 is 0 Å². The number of aromatic amines is 1. The van der Waals surface area contributed by atoms with Crippen molar-refractivity contribution in [1.29, 1.82) is 0 Å². The highest BCUT2D eigenvalue weighted by molar-refractivity contribution is 5.96. The molecular formula is C9H16N4O2. The minimum absolute atomic E-state index is 0.0110. The van der Waals surface area contributed by atoms with Gasteiger partial charge in [-0.2, -0.15) is 5.10 Å². The van der Waals surface area contributed by atoms with Crippen LogP contribution in [0.1, 0.15) is 24.3 Å². The van der Waals surface area contributed by atoms with E-state index in [1.807, 2.05) is 13.8 Å². The molecule has 0 aliphatic heterocycles. The van der Waals surface area contributed by atoms with Crippen molar-refractivity contribution in [3.05, 3.63) is 11.9 Å². The maximum absolute atomic E-state index is 11.5. The third-order valence-corrected chi connectivity index (χ3v) is 1.90. The number of carbonyl (C=O) groups is 1. The number of nitrogens with one attached hydrogen (secondary N) is 2. The van der Waals surface area contributed by atoms with Crippen LogP contribution in [0.4, 0.5) is 5.69 Å². The maximum Gasteiger partial charge on any atom is 0.271 e. The van der Waals surface area contributed by atoms with Gasteiger partial charge in [0.25, 0.3) is 5.91 Å². The molecule has 1 heterocycles. The van der Waals surface area contributed by atoms with E-state index in [4.69, 9.17) is 10.5 Å². The molecule has 0 aliphatic carbocycles. The number of nitrogens with two attached hydrogens (primary N) is 1. The molecule has 0 saturated heterocycles. The Morgan fingerprint density at radius 2 is 2.53 bits per heavy atom. The van der Waals surface area contributed by atoms with Crippen molar-refractivity contribution in [2.75, 3.05) is 18.9 Å². The van der Waals surface area contributed by atoms with Crippen LogP contribution in [-0.4, -0.2) is 35.4 Å². The topological polar surface area (TPSA) is 93.0 Å². The van der Waals surface area contributed by atoms with Crippen LogP contribution < -0.4 is 11.1 Å². The van der Waals surface area contributed by atoms with Gasteiger partial charge in [0.1, 0.15) is 5.69 Å². The van der Waals surface area contributed by atoms with Gasteiger partial charge in [-0.1, -0.05) is 0 Å². The molecule has 1 unspecified atom stereocenters. The first-order valence-electron chi connectivity index (χ1n) is 4.83. The fourth-order valence-corrected chi connectivity index (χ4v) is 1.15. The number of nitrogen functional groups attached to an aromatic ring is 1. The minimum atomic E-state index is -0.267.